The Hall–Kier alpha value is -1.70. The van der Waals surface area contributed by atoms with Crippen LogP contribution in [0.3, 0.4) is 0 Å². The van der Waals surface area contributed by atoms with Crippen molar-refractivity contribution in [3.8, 4) is 0 Å². The Bertz CT molecular complexity index is 822. The van der Waals surface area contributed by atoms with Crippen LogP contribution in [-0.2, 0) is 10.0 Å². The summed E-state index contributed by atoms with van der Waals surface area (Å²) in [7, 11) is -3.46. The minimum absolute atomic E-state index is 0.111. The predicted octanol–water partition coefficient (Wildman–Crippen LogP) is 3.58. The highest BCUT2D eigenvalue weighted by atomic mass is 32.2. The van der Waals surface area contributed by atoms with E-state index in [4.69, 9.17) is 0 Å². The lowest BCUT2D eigenvalue weighted by Crippen LogP contribution is -2.30. The van der Waals surface area contributed by atoms with Crippen LogP contribution < -0.4 is 5.32 Å². The molecule has 5 nitrogen and oxygen atoms in total. The number of thiophene rings is 1. The van der Waals surface area contributed by atoms with E-state index in [0.717, 1.165) is 11.1 Å². The first-order chi connectivity index (χ1) is 11.8. The molecule has 136 valence electrons. The van der Waals surface area contributed by atoms with Crippen molar-refractivity contribution in [1.82, 2.24) is 9.62 Å². The number of benzene rings is 1. The third kappa shape index (κ3) is 4.29. The number of hydrogen-bond donors (Lipinski definition) is 1. The maximum Gasteiger partial charge on any atom is 0.262 e. The molecule has 1 aromatic heterocycles. The molecular formula is C18H24N2O3S2. The molecule has 0 aliphatic heterocycles. The fourth-order valence-corrected chi connectivity index (χ4v) is 4.88. The van der Waals surface area contributed by atoms with Crippen LogP contribution in [-0.4, -0.2) is 31.7 Å². The van der Waals surface area contributed by atoms with E-state index in [0.29, 0.717) is 18.0 Å². The molecule has 0 aliphatic rings. The van der Waals surface area contributed by atoms with Gasteiger partial charge in [-0.1, -0.05) is 26.0 Å². The fraction of sp³-hybridized carbons (Fsp3) is 0.389. The molecule has 1 amide bonds. The molecular weight excluding hydrogens is 356 g/mol. The Morgan fingerprint density at radius 2 is 1.76 bits per heavy atom. The monoisotopic (exact) mass is 380 g/mol. The predicted molar refractivity (Wildman–Crippen MR) is 101 cm³/mol. The highest BCUT2D eigenvalue weighted by molar-refractivity contribution is 7.89. The van der Waals surface area contributed by atoms with Crippen LogP contribution >= 0.6 is 11.3 Å². The average Bonchev–Trinajstić information content (AvgIpc) is 3.02. The number of nitrogens with zero attached hydrogens (tertiary/aromatic N) is 1. The molecule has 0 saturated heterocycles. The largest absolute Gasteiger partial charge is 0.345 e. The molecule has 1 N–H and O–H groups in total. The van der Waals surface area contributed by atoms with E-state index in [-0.39, 0.29) is 16.8 Å². The highest BCUT2D eigenvalue weighted by Gasteiger charge is 2.22. The SMILES string of the molecule is CCN(CC)S(=O)(=O)c1ccc(C(C)NC(=O)c2sccc2C)cc1. The van der Waals surface area contributed by atoms with Gasteiger partial charge in [0.15, 0.2) is 0 Å². The third-order valence-corrected chi connectivity index (χ3v) is 7.22. The number of rotatable bonds is 7. The van der Waals surface area contributed by atoms with E-state index in [1.54, 1.807) is 24.3 Å². The van der Waals surface area contributed by atoms with E-state index in [9.17, 15) is 13.2 Å². The number of hydrogen-bond acceptors (Lipinski definition) is 4. The Morgan fingerprint density at radius 3 is 2.24 bits per heavy atom. The van der Waals surface area contributed by atoms with E-state index in [1.165, 1.54) is 15.6 Å². The quantitative estimate of drug-likeness (QED) is 0.798. The second kappa shape index (κ2) is 8.12. The zero-order valence-corrected chi connectivity index (χ0v) is 16.6. The van der Waals surface area contributed by atoms with Crippen LogP contribution in [0.4, 0.5) is 0 Å². The lowest BCUT2D eigenvalue weighted by Gasteiger charge is -2.19. The summed E-state index contributed by atoms with van der Waals surface area (Å²) >= 11 is 1.41. The topological polar surface area (TPSA) is 66.5 Å². The van der Waals surface area contributed by atoms with Crippen LogP contribution in [0.1, 0.15) is 47.6 Å². The summed E-state index contributed by atoms with van der Waals surface area (Å²) in [6, 6.07) is 8.41. The van der Waals surface area contributed by atoms with E-state index >= 15 is 0 Å². The molecule has 2 aromatic rings. The lowest BCUT2D eigenvalue weighted by molar-refractivity contribution is 0.0943. The van der Waals surface area contributed by atoms with Gasteiger partial charge in [-0.05, 0) is 48.6 Å². The second-order valence-electron chi connectivity index (χ2n) is 5.79. The van der Waals surface area contributed by atoms with Crippen molar-refractivity contribution >= 4 is 27.3 Å². The van der Waals surface area contributed by atoms with Crippen LogP contribution in [0.25, 0.3) is 0 Å². The Morgan fingerprint density at radius 1 is 1.16 bits per heavy atom. The molecule has 0 radical (unpaired) electrons. The van der Waals surface area contributed by atoms with Gasteiger partial charge in [0.1, 0.15) is 0 Å². The van der Waals surface area contributed by atoms with Gasteiger partial charge < -0.3 is 5.32 Å². The van der Waals surface area contributed by atoms with Gasteiger partial charge in [-0.15, -0.1) is 11.3 Å². The highest BCUT2D eigenvalue weighted by Crippen LogP contribution is 2.21. The van der Waals surface area contributed by atoms with Gasteiger partial charge in [-0.3, -0.25) is 4.79 Å². The van der Waals surface area contributed by atoms with Crippen molar-refractivity contribution in [3.63, 3.8) is 0 Å². The third-order valence-electron chi connectivity index (χ3n) is 4.14. The number of sulfonamides is 1. The number of aryl methyl sites for hydroxylation is 1. The number of nitrogens with one attached hydrogen (secondary N) is 1. The van der Waals surface area contributed by atoms with Crippen molar-refractivity contribution in [3.05, 3.63) is 51.7 Å². The lowest BCUT2D eigenvalue weighted by atomic mass is 10.1. The van der Waals surface area contributed by atoms with Gasteiger partial charge >= 0.3 is 0 Å². The van der Waals surface area contributed by atoms with E-state index < -0.39 is 10.0 Å². The Labute approximate surface area is 153 Å². The smallest absolute Gasteiger partial charge is 0.262 e. The first kappa shape index (κ1) is 19.6. The summed E-state index contributed by atoms with van der Waals surface area (Å²) in [6.07, 6.45) is 0. The second-order valence-corrected chi connectivity index (χ2v) is 8.64. The molecule has 7 heteroatoms. The summed E-state index contributed by atoms with van der Waals surface area (Å²) < 4.78 is 26.4. The normalized spacial score (nSPS) is 13.0. The standard InChI is InChI=1S/C18H24N2O3S2/c1-5-20(6-2)25(22,23)16-9-7-15(8-10-16)14(4)19-18(21)17-13(3)11-12-24-17/h7-12,14H,5-6H2,1-4H3,(H,19,21). The molecule has 0 bridgehead atoms. The minimum Gasteiger partial charge on any atom is -0.345 e. The molecule has 0 aliphatic carbocycles. The molecule has 2 rings (SSSR count). The summed E-state index contributed by atoms with van der Waals surface area (Å²) in [5, 5.41) is 4.84. The summed E-state index contributed by atoms with van der Waals surface area (Å²) in [5.74, 6) is -0.111. The minimum atomic E-state index is -3.46. The fourth-order valence-electron chi connectivity index (χ4n) is 2.59. The van der Waals surface area contributed by atoms with Crippen molar-refractivity contribution in [2.75, 3.05) is 13.1 Å². The molecule has 0 spiro atoms. The van der Waals surface area contributed by atoms with Crippen molar-refractivity contribution in [2.24, 2.45) is 0 Å². The Kier molecular flexibility index (Phi) is 6.37. The number of carbonyl (C=O) groups excluding carboxylic acids is 1. The first-order valence-corrected chi connectivity index (χ1v) is 10.6. The maximum absolute atomic E-state index is 12.5. The zero-order chi connectivity index (χ0) is 18.6. The van der Waals surface area contributed by atoms with Gasteiger partial charge in [0.25, 0.3) is 5.91 Å². The molecule has 1 atom stereocenters. The number of carbonyl (C=O) groups is 1. The molecule has 25 heavy (non-hydrogen) atoms. The average molecular weight is 381 g/mol. The number of amides is 1. The zero-order valence-electron chi connectivity index (χ0n) is 14.9. The van der Waals surface area contributed by atoms with Crippen LogP contribution in [0.5, 0.6) is 0 Å². The van der Waals surface area contributed by atoms with Crippen LogP contribution in [0, 0.1) is 6.92 Å². The van der Waals surface area contributed by atoms with Gasteiger partial charge in [0, 0.05) is 13.1 Å². The molecule has 0 fully saturated rings. The van der Waals surface area contributed by atoms with Crippen LogP contribution in [0.15, 0.2) is 40.6 Å². The first-order valence-electron chi connectivity index (χ1n) is 8.26. The van der Waals surface area contributed by atoms with Crippen LogP contribution in [0.2, 0.25) is 0 Å². The van der Waals surface area contributed by atoms with Gasteiger partial charge in [-0.2, -0.15) is 4.31 Å². The maximum atomic E-state index is 12.5. The van der Waals surface area contributed by atoms with Gasteiger partial charge in [-0.25, -0.2) is 8.42 Å². The summed E-state index contributed by atoms with van der Waals surface area (Å²) in [6.45, 7) is 8.30. The van der Waals surface area contributed by atoms with Crippen molar-refractivity contribution in [2.45, 2.75) is 38.6 Å². The molecule has 1 aromatic carbocycles. The summed E-state index contributed by atoms with van der Waals surface area (Å²) in [4.78, 5) is 13.3. The Balaban J connectivity index is 2.14. The molecule has 1 unspecified atom stereocenters. The summed E-state index contributed by atoms with van der Waals surface area (Å²) in [5.41, 5.74) is 1.82. The van der Waals surface area contributed by atoms with Gasteiger partial charge in [0.2, 0.25) is 10.0 Å². The van der Waals surface area contributed by atoms with Crippen molar-refractivity contribution < 1.29 is 13.2 Å². The van der Waals surface area contributed by atoms with E-state index in [1.807, 2.05) is 39.1 Å². The molecule has 1 heterocycles. The van der Waals surface area contributed by atoms with Gasteiger partial charge in [0.05, 0.1) is 15.8 Å². The van der Waals surface area contributed by atoms with E-state index in [2.05, 4.69) is 5.32 Å². The van der Waals surface area contributed by atoms with Crippen molar-refractivity contribution in [1.29, 1.82) is 0 Å². The molecule has 0 saturated carbocycles.